The van der Waals surface area contributed by atoms with E-state index in [4.69, 9.17) is 4.42 Å². The molecule has 3 aromatic heterocycles. The summed E-state index contributed by atoms with van der Waals surface area (Å²) in [6.07, 6.45) is 0. The zero-order valence-electron chi connectivity index (χ0n) is 35.1. The highest BCUT2D eigenvalue weighted by Gasteiger charge is 2.44. The number of rotatable bonds is 4. The van der Waals surface area contributed by atoms with Gasteiger partial charge in [0, 0.05) is 60.5 Å². The number of fused-ring (bicyclic) bond motifs is 14. The van der Waals surface area contributed by atoms with Crippen molar-refractivity contribution in [2.24, 2.45) is 0 Å². The van der Waals surface area contributed by atoms with Crippen LogP contribution in [0, 0.1) is 0 Å². The fourth-order valence-corrected chi connectivity index (χ4v) is 11.6. The van der Waals surface area contributed by atoms with Gasteiger partial charge in [0.1, 0.15) is 5.58 Å². The van der Waals surface area contributed by atoms with Crippen LogP contribution in [0.1, 0.15) is 0 Å². The second-order valence-corrected chi connectivity index (χ2v) is 17.6. The molecule has 13 aromatic rings. The van der Waals surface area contributed by atoms with Gasteiger partial charge >= 0.3 is 0 Å². The molecule has 2 aliphatic heterocycles. The molecular formula is C60H36BN3O. The number of benzene rings is 10. The van der Waals surface area contributed by atoms with Gasteiger partial charge in [0.05, 0.1) is 27.9 Å². The fraction of sp³-hybridized carbons (Fsp3) is 0. The van der Waals surface area contributed by atoms with Crippen LogP contribution >= 0.6 is 0 Å². The highest BCUT2D eigenvalue weighted by atomic mass is 16.3. The summed E-state index contributed by atoms with van der Waals surface area (Å²) in [4.78, 5) is 2.58. The van der Waals surface area contributed by atoms with E-state index in [1.165, 1.54) is 71.1 Å². The maximum absolute atomic E-state index is 7.12. The smallest absolute Gasteiger partial charge is 0.252 e. The molecule has 0 fully saturated rings. The van der Waals surface area contributed by atoms with Crippen LogP contribution in [0.2, 0.25) is 0 Å². The van der Waals surface area contributed by atoms with Gasteiger partial charge in [0.15, 0.2) is 5.58 Å². The number of aromatic nitrogens is 2. The molecule has 0 bridgehead atoms. The Labute approximate surface area is 374 Å². The Morgan fingerprint density at radius 3 is 1.72 bits per heavy atom. The van der Waals surface area contributed by atoms with Crippen LogP contribution in [0.5, 0.6) is 0 Å². The summed E-state index contributed by atoms with van der Waals surface area (Å²) in [6.45, 7) is -0.102. The topological polar surface area (TPSA) is 26.2 Å². The van der Waals surface area contributed by atoms with E-state index < -0.39 is 0 Å². The molecule has 0 saturated heterocycles. The highest BCUT2D eigenvalue weighted by molar-refractivity contribution is 7.00. The monoisotopic (exact) mass is 825 g/mol. The highest BCUT2D eigenvalue weighted by Crippen LogP contribution is 2.49. The third-order valence-electron chi connectivity index (χ3n) is 14.3. The predicted molar refractivity (Wildman–Crippen MR) is 273 cm³/mol. The van der Waals surface area contributed by atoms with Crippen molar-refractivity contribution >= 4 is 106 Å². The van der Waals surface area contributed by atoms with E-state index in [-0.39, 0.29) is 6.71 Å². The third-order valence-corrected chi connectivity index (χ3v) is 14.3. The minimum atomic E-state index is -0.102. The number of anilines is 3. The standard InChI is InChI=1S/C60H36BN3O/c1-3-16-37(17-4-1)39-30-32-41(38-18-5-2-6-19-38)54(34-39)63-53-33-31-40(62-50-26-11-7-20-42(50)43-21-8-12-27-51(43)62)35-49(53)61-48-25-15-24-46-44-22-9-13-28-52(44)64(58(46)48)59-57(61)55(63)36-47-45-23-10-14-29-56(45)65-60(47)59/h1-36H. The SMILES string of the molecule is c1ccc(-c2ccc(-c3ccccc3)c(N3c4ccc(-n5c6ccccc6c6ccccc65)cc4B4c5c3cc3c(oc6ccccc63)c5-n3c5ccccc5c5cccc4c53)c2)cc1. The molecule has 0 aliphatic carbocycles. The van der Waals surface area contributed by atoms with Crippen LogP contribution in [0.25, 0.3) is 99.2 Å². The largest absolute Gasteiger partial charge is 0.454 e. The lowest BCUT2D eigenvalue weighted by molar-refractivity contribution is 0.667. The van der Waals surface area contributed by atoms with Gasteiger partial charge in [-0.2, -0.15) is 0 Å². The molecule has 0 N–H and O–H groups in total. The second kappa shape index (κ2) is 13.0. The quantitative estimate of drug-likeness (QED) is 0.165. The molecule has 5 heterocycles. The Balaban J connectivity index is 1.13. The van der Waals surface area contributed by atoms with Crippen molar-refractivity contribution in [3.63, 3.8) is 0 Å². The Hall–Kier alpha value is -8.54. The first-order valence-electron chi connectivity index (χ1n) is 22.5. The first kappa shape index (κ1) is 35.0. The summed E-state index contributed by atoms with van der Waals surface area (Å²) in [5.41, 5.74) is 20.8. The lowest BCUT2D eigenvalue weighted by atomic mass is 9.33. The van der Waals surface area contributed by atoms with Gasteiger partial charge in [-0.15, -0.1) is 0 Å². The van der Waals surface area contributed by atoms with Crippen molar-refractivity contribution in [2.75, 3.05) is 4.90 Å². The lowest BCUT2D eigenvalue weighted by Crippen LogP contribution is -2.60. The third kappa shape index (κ3) is 4.71. The molecule has 0 amide bonds. The number of hydrogen-bond donors (Lipinski definition) is 0. The summed E-state index contributed by atoms with van der Waals surface area (Å²) < 4.78 is 12.1. The average Bonchev–Trinajstić information content (AvgIpc) is 4.04. The minimum Gasteiger partial charge on any atom is -0.454 e. The van der Waals surface area contributed by atoms with Crippen molar-refractivity contribution in [3.05, 3.63) is 218 Å². The van der Waals surface area contributed by atoms with Gasteiger partial charge in [-0.05, 0) is 87.7 Å². The Morgan fingerprint density at radius 2 is 0.985 bits per heavy atom. The molecule has 0 atom stereocenters. The van der Waals surface area contributed by atoms with Gasteiger partial charge in [0.25, 0.3) is 6.71 Å². The summed E-state index contributed by atoms with van der Waals surface area (Å²) in [5.74, 6) is 0. The molecule has 0 saturated carbocycles. The minimum absolute atomic E-state index is 0.102. The van der Waals surface area contributed by atoms with E-state index in [1.807, 2.05) is 0 Å². The van der Waals surface area contributed by atoms with Crippen LogP contribution in [0.4, 0.5) is 17.1 Å². The van der Waals surface area contributed by atoms with Crippen LogP contribution in [-0.4, -0.2) is 15.8 Å². The Morgan fingerprint density at radius 1 is 0.369 bits per heavy atom. The Bertz CT molecular complexity index is 4090. The summed E-state index contributed by atoms with van der Waals surface area (Å²) in [7, 11) is 0. The molecule has 2 aliphatic rings. The number of furan rings is 1. The van der Waals surface area contributed by atoms with Crippen LogP contribution < -0.4 is 21.3 Å². The normalized spacial score (nSPS) is 12.9. The summed E-state index contributed by atoms with van der Waals surface area (Å²) in [5, 5.41) is 7.21. The van der Waals surface area contributed by atoms with E-state index >= 15 is 0 Å². The molecule has 10 aromatic carbocycles. The average molecular weight is 826 g/mol. The maximum atomic E-state index is 7.12. The van der Waals surface area contributed by atoms with Gasteiger partial charge < -0.3 is 18.5 Å². The van der Waals surface area contributed by atoms with Crippen LogP contribution in [0.3, 0.4) is 0 Å². The first-order chi connectivity index (χ1) is 32.3. The van der Waals surface area contributed by atoms with Crippen molar-refractivity contribution in [3.8, 4) is 33.6 Å². The lowest BCUT2D eigenvalue weighted by Gasteiger charge is -2.41. The number of para-hydroxylation sites is 5. The zero-order valence-corrected chi connectivity index (χ0v) is 35.1. The van der Waals surface area contributed by atoms with Crippen molar-refractivity contribution in [1.82, 2.24) is 9.13 Å². The molecule has 5 heteroatoms. The molecule has 4 nitrogen and oxygen atoms in total. The molecule has 300 valence electrons. The van der Waals surface area contributed by atoms with Crippen molar-refractivity contribution in [1.29, 1.82) is 0 Å². The van der Waals surface area contributed by atoms with E-state index in [9.17, 15) is 0 Å². The van der Waals surface area contributed by atoms with Crippen LogP contribution in [-0.2, 0) is 0 Å². The van der Waals surface area contributed by atoms with Gasteiger partial charge in [0.2, 0.25) is 0 Å². The molecule has 0 spiro atoms. The van der Waals surface area contributed by atoms with Crippen molar-refractivity contribution < 1.29 is 4.42 Å². The van der Waals surface area contributed by atoms with Gasteiger partial charge in [-0.3, -0.25) is 0 Å². The first-order valence-corrected chi connectivity index (χ1v) is 22.5. The summed E-state index contributed by atoms with van der Waals surface area (Å²) >= 11 is 0. The van der Waals surface area contributed by atoms with E-state index in [1.54, 1.807) is 0 Å². The van der Waals surface area contributed by atoms with E-state index in [0.29, 0.717) is 0 Å². The molecule has 65 heavy (non-hydrogen) atoms. The van der Waals surface area contributed by atoms with Gasteiger partial charge in [-0.25, -0.2) is 0 Å². The second-order valence-electron chi connectivity index (χ2n) is 17.6. The fourth-order valence-electron chi connectivity index (χ4n) is 11.6. The van der Waals surface area contributed by atoms with Crippen LogP contribution in [0.15, 0.2) is 223 Å². The number of nitrogens with zero attached hydrogens (tertiary/aromatic N) is 3. The zero-order chi connectivity index (χ0) is 42.3. The maximum Gasteiger partial charge on any atom is 0.252 e. The Kier molecular flexibility index (Phi) is 7.00. The molecule has 0 unspecified atom stereocenters. The van der Waals surface area contributed by atoms with Crippen molar-refractivity contribution in [2.45, 2.75) is 0 Å². The van der Waals surface area contributed by atoms with E-state index in [0.717, 1.165) is 61.5 Å². The number of hydrogen-bond acceptors (Lipinski definition) is 2. The molecular weight excluding hydrogens is 789 g/mol. The molecule has 15 rings (SSSR count). The van der Waals surface area contributed by atoms with E-state index in [2.05, 4.69) is 232 Å². The van der Waals surface area contributed by atoms with Gasteiger partial charge in [-0.1, -0.05) is 164 Å². The molecule has 0 radical (unpaired) electrons. The summed E-state index contributed by atoms with van der Waals surface area (Å²) in [6, 6.07) is 80.3. The predicted octanol–water partition coefficient (Wildman–Crippen LogP) is 13.7.